The number of amides is 2. The van der Waals surface area contributed by atoms with E-state index in [9.17, 15) is 9.59 Å². The molecule has 2 rings (SSSR count). The number of carbonyl (C=O) groups excluding carboxylic acids is 2. The van der Waals surface area contributed by atoms with Gasteiger partial charge in [0.05, 0.1) is 12.6 Å². The molecule has 0 bridgehead atoms. The second kappa shape index (κ2) is 13.8. The Kier molecular flexibility index (Phi) is 13.2. The molecular weight excluding hydrogens is 411 g/mol. The molecule has 6 nitrogen and oxygen atoms in total. The first-order valence-electron chi connectivity index (χ1n) is 9.98. The predicted octanol–water partition coefficient (Wildman–Crippen LogP) is 2.30. The van der Waals surface area contributed by atoms with Crippen LogP contribution in [0.5, 0.6) is 0 Å². The molecule has 1 saturated heterocycles. The van der Waals surface area contributed by atoms with Crippen LogP contribution in [0.2, 0.25) is 0 Å². The van der Waals surface area contributed by atoms with E-state index in [1.165, 1.54) is 5.56 Å². The molecule has 8 heteroatoms. The minimum atomic E-state index is -0.575. The van der Waals surface area contributed by atoms with Crippen LogP contribution in [-0.2, 0) is 16.1 Å². The number of likely N-dealkylation sites (tertiary alicyclic amines) is 1. The van der Waals surface area contributed by atoms with E-state index in [4.69, 9.17) is 5.73 Å². The second-order valence-electron chi connectivity index (χ2n) is 7.80. The third-order valence-corrected chi connectivity index (χ3v) is 5.27. The number of halogens is 2. The Morgan fingerprint density at radius 2 is 1.90 bits per heavy atom. The van der Waals surface area contributed by atoms with Crippen molar-refractivity contribution in [1.82, 2.24) is 15.1 Å². The number of hydrogen-bond acceptors (Lipinski definition) is 4. The van der Waals surface area contributed by atoms with Gasteiger partial charge in [-0.15, -0.1) is 24.8 Å². The number of benzene rings is 1. The summed E-state index contributed by atoms with van der Waals surface area (Å²) in [4.78, 5) is 28.7. The Hall–Kier alpha value is -1.34. The Morgan fingerprint density at radius 1 is 1.24 bits per heavy atom. The summed E-state index contributed by atoms with van der Waals surface area (Å²) in [6.45, 7) is 10.2. The third kappa shape index (κ3) is 8.91. The van der Waals surface area contributed by atoms with Crippen molar-refractivity contribution in [2.24, 2.45) is 17.6 Å². The Morgan fingerprint density at radius 3 is 2.48 bits per heavy atom. The van der Waals surface area contributed by atoms with E-state index in [1.54, 1.807) is 0 Å². The number of carbonyl (C=O) groups is 2. The summed E-state index contributed by atoms with van der Waals surface area (Å²) in [6.07, 6.45) is 1.10. The van der Waals surface area contributed by atoms with Gasteiger partial charge in [0.2, 0.25) is 11.8 Å². The average Bonchev–Trinajstić information content (AvgIpc) is 3.10. The van der Waals surface area contributed by atoms with Gasteiger partial charge < -0.3 is 16.0 Å². The van der Waals surface area contributed by atoms with Crippen LogP contribution in [0, 0.1) is 11.8 Å². The number of nitrogens with two attached hydrogens (primary N) is 1. The van der Waals surface area contributed by atoms with Gasteiger partial charge in [-0.3, -0.25) is 14.5 Å². The molecule has 3 N–H and O–H groups in total. The fraction of sp³-hybridized carbons (Fsp3) is 0.619. The van der Waals surface area contributed by atoms with E-state index in [1.807, 2.05) is 31.7 Å². The largest absolute Gasteiger partial charge is 0.346 e. The van der Waals surface area contributed by atoms with Crippen molar-refractivity contribution in [3.8, 4) is 0 Å². The molecular formula is C21H36Cl2N4O2. The highest BCUT2D eigenvalue weighted by molar-refractivity contribution is 5.87. The molecule has 2 amide bonds. The maximum atomic E-state index is 12.5. The quantitative estimate of drug-likeness (QED) is 0.609. The molecule has 0 spiro atoms. The predicted molar refractivity (Wildman–Crippen MR) is 122 cm³/mol. The minimum Gasteiger partial charge on any atom is -0.346 e. The van der Waals surface area contributed by atoms with Gasteiger partial charge in [-0.05, 0) is 37.3 Å². The summed E-state index contributed by atoms with van der Waals surface area (Å²) in [6, 6.07) is 9.90. The summed E-state index contributed by atoms with van der Waals surface area (Å²) in [5.41, 5.74) is 7.15. The zero-order valence-electron chi connectivity index (χ0n) is 17.7. The minimum absolute atomic E-state index is 0. The monoisotopic (exact) mass is 446 g/mol. The Bertz CT molecular complexity index is 616. The molecule has 1 aromatic carbocycles. The van der Waals surface area contributed by atoms with Gasteiger partial charge in [0.15, 0.2) is 0 Å². The number of nitrogens with one attached hydrogen (secondary N) is 1. The number of rotatable bonds is 9. The smallest absolute Gasteiger partial charge is 0.241 e. The molecule has 1 aliphatic heterocycles. The van der Waals surface area contributed by atoms with Crippen LogP contribution in [0.1, 0.15) is 32.8 Å². The molecule has 1 fully saturated rings. The first-order valence-corrected chi connectivity index (χ1v) is 9.98. The van der Waals surface area contributed by atoms with Crippen molar-refractivity contribution >= 4 is 36.6 Å². The highest BCUT2D eigenvalue weighted by atomic mass is 35.5. The molecule has 166 valence electrons. The van der Waals surface area contributed by atoms with Crippen LogP contribution in [-0.4, -0.2) is 60.4 Å². The molecule has 0 aromatic heterocycles. The Labute approximate surface area is 187 Å². The third-order valence-electron chi connectivity index (χ3n) is 5.27. The Balaban J connectivity index is 0.00000392. The zero-order valence-corrected chi connectivity index (χ0v) is 19.3. The molecule has 1 unspecified atom stereocenters. The summed E-state index contributed by atoms with van der Waals surface area (Å²) in [5.74, 6) is 0.232. The van der Waals surface area contributed by atoms with E-state index < -0.39 is 6.04 Å². The molecule has 2 atom stereocenters. The lowest BCUT2D eigenvalue weighted by Gasteiger charge is -2.25. The SMILES string of the molecule is CCN(CC1CCN(Cc2ccccc2)C1)C(=O)CNC(=O)[C@@H](N)C(C)C.Cl.Cl. The molecule has 0 saturated carbocycles. The van der Waals surface area contributed by atoms with Crippen LogP contribution in [0.25, 0.3) is 0 Å². The maximum Gasteiger partial charge on any atom is 0.241 e. The topological polar surface area (TPSA) is 78.7 Å². The van der Waals surface area contributed by atoms with Gasteiger partial charge in [0, 0.05) is 26.2 Å². The van der Waals surface area contributed by atoms with Crippen molar-refractivity contribution in [2.45, 2.75) is 39.8 Å². The molecule has 1 aromatic rings. The van der Waals surface area contributed by atoms with Crippen molar-refractivity contribution in [3.63, 3.8) is 0 Å². The standard InChI is InChI=1S/C21H34N4O2.2ClH/c1-4-25(19(26)12-23-21(27)20(22)16(2)3)15-18-10-11-24(14-18)13-17-8-6-5-7-9-17;;/h5-9,16,18,20H,4,10-15,22H2,1-3H3,(H,23,27);2*1H/t18?,20-;;/m0../s1. The first-order chi connectivity index (χ1) is 12.9. The molecule has 0 aliphatic carbocycles. The van der Waals surface area contributed by atoms with Gasteiger partial charge in [-0.25, -0.2) is 0 Å². The highest BCUT2D eigenvalue weighted by Crippen LogP contribution is 2.19. The summed E-state index contributed by atoms with van der Waals surface area (Å²) >= 11 is 0. The van der Waals surface area contributed by atoms with E-state index in [0.717, 1.165) is 32.6 Å². The van der Waals surface area contributed by atoms with Crippen molar-refractivity contribution in [2.75, 3.05) is 32.7 Å². The zero-order chi connectivity index (χ0) is 19.8. The van der Waals surface area contributed by atoms with Crippen LogP contribution in [0.4, 0.5) is 0 Å². The van der Waals surface area contributed by atoms with Crippen molar-refractivity contribution < 1.29 is 9.59 Å². The van der Waals surface area contributed by atoms with E-state index in [0.29, 0.717) is 12.5 Å². The molecule has 1 aliphatic rings. The van der Waals surface area contributed by atoms with Gasteiger partial charge in [0.25, 0.3) is 0 Å². The van der Waals surface area contributed by atoms with Crippen LogP contribution in [0.3, 0.4) is 0 Å². The molecule has 1 heterocycles. The molecule has 0 radical (unpaired) electrons. The number of hydrogen-bond donors (Lipinski definition) is 2. The van der Waals surface area contributed by atoms with Crippen molar-refractivity contribution in [3.05, 3.63) is 35.9 Å². The van der Waals surface area contributed by atoms with E-state index in [-0.39, 0.29) is 49.1 Å². The highest BCUT2D eigenvalue weighted by Gasteiger charge is 2.26. The lowest BCUT2D eigenvalue weighted by atomic mass is 10.1. The number of nitrogens with zero attached hydrogens (tertiary/aromatic N) is 2. The lowest BCUT2D eigenvalue weighted by Crippen LogP contribution is -2.48. The summed E-state index contributed by atoms with van der Waals surface area (Å²) in [5, 5.41) is 2.68. The van der Waals surface area contributed by atoms with E-state index >= 15 is 0 Å². The van der Waals surface area contributed by atoms with Gasteiger partial charge in [-0.2, -0.15) is 0 Å². The maximum absolute atomic E-state index is 12.5. The van der Waals surface area contributed by atoms with Crippen molar-refractivity contribution in [1.29, 1.82) is 0 Å². The van der Waals surface area contributed by atoms with Crippen LogP contribution < -0.4 is 11.1 Å². The fourth-order valence-corrected chi connectivity index (χ4v) is 3.46. The van der Waals surface area contributed by atoms with Gasteiger partial charge >= 0.3 is 0 Å². The molecule has 29 heavy (non-hydrogen) atoms. The van der Waals surface area contributed by atoms with E-state index in [2.05, 4.69) is 34.5 Å². The van der Waals surface area contributed by atoms with Crippen LogP contribution in [0.15, 0.2) is 30.3 Å². The summed E-state index contributed by atoms with van der Waals surface area (Å²) in [7, 11) is 0. The fourth-order valence-electron chi connectivity index (χ4n) is 3.46. The summed E-state index contributed by atoms with van der Waals surface area (Å²) < 4.78 is 0. The number of likely N-dealkylation sites (N-methyl/N-ethyl adjacent to an activating group) is 1. The van der Waals surface area contributed by atoms with Crippen LogP contribution >= 0.6 is 24.8 Å². The van der Waals surface area contributed by atoms with Gasteiger partial charge in [-0.1, -0.05) is 44.2 Å². The lowest BCUT2D eigenvalue weighted by molar-refractivity contribution is -0.133. The van der Waals surface area contributed by atoms with Gasteiger partial charge in [0.1, 0.15) is 0 Å². The normalized spacial score (nSPS) is 17.2. The second-order valence-corrected chi connectivity index (χ2v) is 7.80. The first kappa shape index (κ1) is 27.7. The average molecular weight is 447 g/mol.